The number of hydrogen-bond donors (Lipinski definition) is 1. The number of esters is 1. The van der Waals surface area contributed by atoms with Crippen molar-refractivity contribution >= 4 is 30.7 Å². The summed E-state index contributed by atoms with van der Waals surface area (Å²) in [6.07, 6.45) is 4.11. The fourth-order valence-electron chi connectivity index (χ4n) is 4.56. The molecular formula is C27H34BN3O7. The molecule has 2 aromatic rings. The average molecular weight is 523 g/mol. The lowest BCUT2D eigenvalue weighted by Crippen LogP contribution is -2.52. The van der Waals surface area contributed by atoms with Gasteiger partial charge in [-0.2, -0.15) is 0 Å². The summed E-state index contributed by atoms with van der Waals surface area (Å²) in [5.74, 6) is -3.19. The van der Waals surface area contributed by atoms with Crippen LogP contribution in [-0.2, 0) is 34.9 Å². The van der Waals surface area contributed by atoms with E-state index in [9.17, 15) is 19.2 Å². The van der Waals surface area contributed by atoms with Gasteiger partial charge in [-0.25, -0.2) is 9.78 Å². The second kappa shape index (κ2) is 13.8. The number of nitrogens with one attached hydrogen (secondary N) is 1. The number of hydrogen-bond acceptors (Lipinski definition) is 9. The molecule has 1 saturated heterocycles. The number of carbonyl (C=O) groups is 4. The zero-order valence-corrected chi connectivity index (χ0v) is 22.2. The van der Waals surface area contributed by atoms with E-state index in [1.54, 1.807) is 6.92 Å². The Balaban J connectivity index is 1.83. The molecule has 1 aromatic carbocycles. The van der Waals surface area contributed by atoms with Gasteiger partial charge < -0.3 is 19.4 Å². The lowest BCUT2D eigenvalue weighted by Gasteiger charge is -2.35. The van der Waals surface area contributed by atoms with Crippen molar-refractivity contribution in [2.75, 3.05) is 7.11 Å². The van der Waals surface area contributed by atoms with Gasteiger partial charge in [-0.1, -0.05) is 51.1 Å². The monoisotopic (exact) mass is 523 g/mol. The number of nitrogens with zero attached hydrogens (tertiary/aromatic N) is 2. The van der Waals surface area contributed by atoms with E-state index in [0.717, 1.165) is 5.56 Å². The fraction of sp³-hybridized carbons (Fsp3) is 0.481. The molecule has 1 N–H and O–H groups in total. The Bertz CT molecular complexity index is 1100. The Morgan fingerprint density at radius 3 is 2.50 bits per heavy atom. The number of Topliss-reactive ketones (excluding diaryl/α,β-unsaturated/α-hetero) is 1. The number of aromatic nitrogens is 2. The minimum Gasteiger partial charge on any atom is -0.509 e. The fourth-order valence-corrected chi connectivity index (χ4v) is 4.56. The highest BCUT2D eigenvalue weighted by Crippen LogP contribution is 2.33. The quantitative estimate of drug-likeness (QED) is 0.329. The molecule has 1 unspecified atom stereocenters. The van der Waals surface area contributed by atoms with Gasteiger partial charge in [-0.05, 0) is 30.7 Å². The van der Waals surface area contributed by atoms with Crippen molar-refractivity contribution in [3.05, 3.63) is 60.2 Å². The molecule has 0 radical (unpaired) electrons. The van der Waals surface area contributed by atoms with Crippen LogP contribution in [0.5, 0.6) is 0 Å². The number of benzene rings is 1. The van der Waals surface area contributed by atoms with E-state index in [1.807, 2.05) is 44.2 Å². The molecule has 1 amide bonds. The number of amides is 1. The molecule has 0 aliphatic carbocycles. The summed E-state index contributed by atoms with van der Waals surface area (Å²) in [6.45, 7) is 5.72. The third-order valence-corrected chi connectivity index (χ3v) is 6.45. The Kier molecular flexibility index (Phi) is 10.5. The van der Waals surface area contributed by atoms with E-state index >= 15 is 0 Å². The lowest BCUT2D eigenvalue weighted by molar-refractivity contribution is -0.167. The summed E-state index contributed by atoms with van der Waals surface area (Å²) in [4.78, 5) is 59.6. The molecule has 11 heteroatoms. The van der Waals surface area contributed by atoms with Crippen molar-refractivity contribution in [1.29, 1.82) is 0 Å². The van der Waals surface area contributed by atoms with E-state index < -0.39 is 48.8 Å². The van der Waals surface area contributed by atoms with Crippen LogP contribution in [0, 0.1) is 11.8 Å². The van der Waals surface area contributed by atoms with Crippen LogP contribution in [0.3, 0.4) is 0 Å². The van der Waals surface area contributed by atoms with Crippen LogP contribution in [-0.4, -0.2) is 60.0 Å². The van der Waals surface area contributed by atoms with E-state index in [1.165, 1.54) is 25.7 Å². The molecule has 1 aliphatic heterocycles. The smallest absolute Gasteiger partial charge is 0.509 e. The molecule has 202 valence electrons. The second-order valence-electron chi connectivity index (χ2n) is 9.77. The number of ether oxygens (including phenoxy) is 1. The average Bonchev–Trinajstić information content (AvgIpc) is 2.92. The Morgan fingerprint density at radius 1 is 1.16 bits per heavy atom. The molecule has 1 fully saturated rings. The van der Waals surface area contributed by atoms with Crippen molar-refractivity contribution < 1.29 is 33.2 Å². The van der Waals surface area contributed by atoms with Crippen LogP contribution in [0.2, 0.25) is 5.82 Å². The summed E-state index contributed by atoms with van der Waals surface area (Å²) >= 11 is 0. The van der Waals surface area contributed by atoms with Crippen molar-refractivity contribution in [3.8, 4) is 0 Å². The maximum atomic E-state index is 13.7. The van der Waals surface area contributed by atoms with Gasteiger partial charge in [0.1, 0.15) is 5.69 Å². The van der Waals surface area contributed by atoms with E-state index in [-0.39, 0.29) is 30.2 Å². The molecule has 4 atom stereocenters. The zero-order valence-electron chi connectivity index (χ0n) is 22.2. The minimum atomic E-state index is -1.11. The SMILES string of the molecule is CC[C@H]1C(=O)OB([C@@H](CC(=O)[C@H](Cc2ccccc2)NC(=O)c2cnccn2)CC(C)C)OC1C(=O)OC. The van der Waals surface area contributed by atoms with E-state index in [2.05, 4.69) is 15.3 Å². The molecular weight excluding hydrogens is 489 g/mol. The Hall–Kier alpha value is -3.60. The summed E-state index contributed by atoms with van der Waals surface area (Å²) in [5, 5.41) is 2.79. The third kappa shape index (κ3) is 7.70. The van der Waals surface area contributed by atoms with Gasteiger partial charge in [0, 0.05) is 24.6 Å². The summed E-state index contributed by atoms with van der Waals surface area (Å²) in [7, 11) is 0.130. The van der Waals surface area contributed by atoms with Gasteiger partial charge in [0.2, 0.25) is 0 Å². The predicted octanol–water partition coefficient (Wildman–Crippen LogP) is 2.82. The number of methoxy groups -OCH3 is 1. The molecule has 1 aliphatic rings. The van der Waals surface area contributed by atoms with Crippen molar-refractivity contribution in [2.24, 2.45) is 11.8 Å². The van der Waals surface area contributed by atoms with Gasteiger partial charge in [0.05, 0.1) is 25.3 Å². The summed E-state index contributed by atoms with van der Waals surface area (Å²) in [6, 6.07) is 8.45. The highest BCUT2D eigenvalue weighted by Gasteiger charge is 2.49. The number of rotatable bonds is 12. The highest BCUT2D eigenvalue weighted by atomic mass is 16.7. The normalized spacial score (nSPS) is 18.9. The molecule has 2 heterocycles. The first-order chi connectivity index (χ1) is 18.2. The van der Waals surface area contributed by atoms with Crippen LogP contribution < -0.4 is 5.32 Å². The predicted molar refractivity (Wildman–Crippen MR) is 139 cm³/mol. The van der Waals surface area contributed by atoms with Gasteiger partial charge >= 0.3 is 13.1 Å². The first-order valence-corrected chi connectivity index (χ1v) is 12.8. The molecule has 0 saturated carbocycles. The molecule has 0 spiro atoms. The largest absolute Gasteiger partial charge is 0.531 e. The molecule has 3 rings (SSSR count). The van der Waals surface area contributed by atoms with Crippen molar-refractivity contribution in [3.63, 3.8) is 0 Å². The highest BCUT2D eigenvalue weighted by molar-refractivity contribution is 6.50. The summed E-state index contributed by atoms with van der Waals surface area (Å²) < 4.78 is 16.4. The Morgan fingerprint density at radius 2 is 1.89 bits per heavy atom. The molecule has 38 heavy (non-hydrogen) atoms. The van der Waals surface area contributed by atoms with Gasteiger partial charge in [-0.15, -0.1) is 0 Å². The van der Waals surface area contributed by atoms with E-state index in [4.69, 9.17) is 14.0 Å². The van der Waals surface area contributed by atoms with E-state index in [0.29, 0.717) is 12.8 Å². The van der Waals surface area contributed by atoms with Gasteiger partial charge in [0.25, 0.3) is 11.9 Å². The summed E-state index contributed by atoms with van der Waals surface area (Å²) in [5.41, 5.74) is 0.954. The maximum Gasteiger partial charge on any atom is 0.531 e. The zero-order chi connectivity index (χ0) is 27.7. The maximum absolute atomic E-state index is 13.7. The number of carbonyl (C=O) groups excluding carboxylic acids is 4. The van der Waals surface area contributed by atoms with Crippen LogP contribution in [0.1, 0.15) is 56.1 Å². The van der Waals surface area contributed by atoms with Crippen molar-refractivity contribution in [2.45, 2.75) is 64.4 Å². The van der Waals surface area contributed by atoms with Crippen LogP contribution in [0.25, 0.3) is 0 Å². The van der Waals surface area contributed by atoms with Gasteiger partial charge in [-0.3, -0.25) is 19.4 Å². The second-order valence-corrected chi connectivity index (χ2v) is 9.77. The van der Waals surface area contributed by atoms with Crippen molar-refractivity contribution in [1.82, 2.24) is 15.3 Å². The van der Waals surface area contributed by atoms with Crippen LogP contribution in [0.4, 0.5) is 0 Å². The first-order valence-electron chi connectivity index (χ1n) is 12.8. The first kappa shape index (κ1) is 29.0. The third-order valence-electron chi connectivity index (χ3n) is 6.45. The molecule has 1 aromatic heterocycles. The minimum absolute atomic E-state index is 0.0426. The van der Waals surface area contributed by atoms with Gasteiger partial charge in [0.15, 0.2) is 11.9 Å². The topological polar surface area (TPSA) is 134 Å². The molecule has 10 nitrogen and oxygen atoms in total. The van der Waals surface area contributed by atoms with Crippen LogP contribution in [0.15, 0.2) is 48.9 Å². The standard InChI is InChI=1S/C27H34BN3O7/c1-5-20-24(27(35)36-4)37-28(38-26(20)34)19(13-17(2)3)15-23(32)21(14-18-9-7-6-8-10-18)31-25(33)22-16-29-11-12-30-22/h6-12,16-17,19-21,24H,5,13-15H2,1-4H3,(H,31,33)/t19-,20-,21+,24?/m1/s1. The Labute approximate surface area is 223 Å². The number of ketones is 1. The molecule has 0 bridgehead atoms. The lowest BCUT2D eigenvalue weighted by atomic mass is 9.63. The van der Waals surface area contributed by atoms with Crippen LogP contribution >= 0.6 is 0 Å².